The summed E-state index contributed by atoms with van der Waals surface area (Å²) < 4.78 is 10.1. The minimum atomic E-state index is -0.394. The summed E-state index contributed by atoms with van der Waals surface area (Å²) in [5.74, 6) is 0.992. The third-order valence-corrected chi connectivity index (χ3v) is 1.67. The predicted molar refractivity (Wildman–Crippen MR) is 48.8 cm³/mol. The summed E-state index contributed by atoms with van der Waals surface area (Å²) >= 11 is 0. The number of esters is 1. The number of ether oxygens (including phenoxy) is 1. The Kier molecular flexibility index (Phi) is 3.12. The first-order valence-corrected chi connectivity index (χ1v) is 4.42. The van der Waals surface area contributed by atoms with E-state index in [-0.39, 0.29) is 5.76 Å². The van der Waals surface area contributed by atoms with E-state index in [1.165, 1.54) is 0 Å². The largest absolute Gasteiger partial charge is 0.460 e. The van der Waals surface area contributed by atoms with Crippen molar-refractivity contribution >= 4 is 5.97 Å². The van der Waals surface area contributed by atoms with Gasteiger partial charge in [0.1, 0.15) is 5.76 Å². The average molecular weight is 182 g/mol. The quantitative estimate of drug-likeness (QED) is 0.674. The van der Waals surface area contributed by atoms with E-state index in [2.05, 4.69) is 0 Å². The zero-order valence-corrected chi connectivity index (χ0v) is 8.16. The molecule has 3 nitrogen and oxygen atoms in total. The van der Waals surface area contributed by atoms with Crippen LogP contribution in [0.5, 0.6) is 0 Å². The molecule has 0 saturated heterocycles. The maximum atomic E-state index is 11.2. The topological polar surface area (TPSA) is 39.4 Å². The molecule has 0 atom stereocenters. The Bertz CT molecular complexity index is 286. The van der Waals surface area contributed by atoms with Crippen LogP contribution in [0, 0.1) is 0 Å². The van der Waals surface area contributed by atoms with Gasteiger partial charge in [-0.3, -0.25) is 0 Å². The smallest absolute Gasteiger partial charge is 0.374 e. The summed E-state index contributed by atoms with van der Waals surface area (Å²) in [4.78, 5) is 11.2. The Morgan fingerprint density at radius 1 is 1.54 bits per heavy atom. The van der Waals surface area contributed by atoms with Crippen molar-refractivity contribution in [3.05, 3.63) is 23.7 Å². The van der Waals surface area contributed by atoms with Crippen LogP contribution in [0.3, 0.4) is 0 Å². The van der Waals surface area contributed by atoms with Crippen molar-refractivity contribution in [3.8, 4) is 0 Å². The van der Waals surface area contributed by atoms with E-state index in [0.717, 1.165) is 5.76 Å². The van der Waals surface area contributed by atoms with E-state index in [1.807, 2.05) is 13.8 Å². The van der Waals surface area contributed by atoms with Crippen molar-refractivity contribution in [2.24, 2.45) is 0 Å². The van der Waals surface area contributed by atoms with Crippen LogP contribution >= 0.6 is 0 Å². The molecule has 1 heterocycles. The summed E-state index contributed by atoms with van der Waals surface area (Å²) in [6, 6.07) is 3.45. The Morgan fingerprint density at radius 2 is 2.23 bits per heavy atom. The highest BCUT2D eigenvalue weighted by Gasteiger charge is 2.12. The summed E-state index contributed by atoms with van der Waals surface area (Å²) in [7, 11) is 0. The molecular weight excluding hydrogens is 168 g/mol. The summed E-state index contributed by atoms with van der Waals surface area (Å²) in [6.07, 6.45) is 0. The molecule has 0 aliphatic heterocycles. The van der Waals surface area contributed by atoms with Crippen molar-refractivity contribution in [2.45, 2.75) is 26.7 Å². The fourth-order valence-corrected chi connectivity index (χ4v) is 0.975. The molecule has 0 fully saturated rings. The first-order chi connectivity index (χ1) is 6.15. The van der Waals surface area contributed by atoms with Gasteiger partial charge in [-0.2, -0.15) is 0 Å². The van der Waals surface area contributed by atoms with E-state index < -0.39 is 5.97 Å². The minimum Gasteiger partial charge on any atom is -0.460 e. The maximum Gasteiger partial charge on any atom is 0.374 e. The van der Waals surface area contributed by atoms with E-state index in [4.69, 9.17) is 9.15 Å². The number of carbonyl (C=O) groups excluding carboxylic acids is 1. The van der Waals surface area contributed by atoms with Gasteiger partial charge in [-0.15, -0.1) is 0 Å². The van der Waals surface area contributed by atoms with E-state index >= 15 is 0 Å². The highest BCUT2D eigenvalue weighted by atomic mass is 16.5. The third kappa shape index (κ3) is 2.34. The van der Waals surface area contributed by atoms with Gasteiger partial charge >= 0.3 is 5.97 Å². The van der Waals surface area contributed by atoms with Crippen LogP contribution < -0.4 is 0 Å². The van der Waals surface area contributed by atoms with Gasteiger partial charge in [0.25, 0.3) is 0 Å². The molecule has 1 aromatic rings. The highest BCUT2D eigenvalue weighted by molar-refractivity contribution is 5.86. The maximum absolute atomic E-state index is 11.2. The molecule has 13 heavy (non-hydrogen) atoms. The van der Waals surface area contributed by atoms with Gasteiger partial charge in [-0.05, 0) is 19.1 Å². The molecule has 0 aromatic carbocycles. The Balaban J connectivity index is 2.73. The van der Waals surface area contributed by atoms with Crippen LogP contribution in [0.15, 0.2) is 16.5 Å². The molecule has 0 aliphatic rings. The van der Waals surface area contributed by atoms with Crippen molar-refractivity contribution in [1.29, 1.82) is 0 Å². The van der Waals surface area contributed by atoms with Crippen LogP contribution in [0.1, 0.15) is 43.0 Å². The lowest BCUT2D eigenvalue weighted by Crippen LogP contribution is -2.02. The molecule has 0 spiro atoms. The van der Waals surface area contributed by atoms with Gasteiger partial charge in [0, 0.05) is 5.92 Å². The Labute approximate surface area is 77.7 Å². The summed E-state index contributed by atoms with van der Waals surface area (Å²) in [5.41, 5.74) is 0. The lowest BCUT2D eigenvalue weighted by Gasteiger charge is -1.99. The van der Waals surface area contributed by atoms with E-state index in [9.17, 15) is 4.79 Å². The Morgan fingerprint density at radius 3 is 2.69 bits per heavy atom. The lowest BCUT2D eigenvalue weighted by atomic mass is 10.2. The third-order valence-electron chi connectivity index (χ3n) is 1.67. The molecule has 1 aromatic heterocycles. The highest BCUT2D eigenvalue weighted by Crippen LogP contribution is 2.17. The molecule has 0 unspecified atom stereocenters. The van der Waals surface area contributed by atoms with Gasteiger partial charge in [0.05, 0.1) is 6.61 Å². The van der Waals surface area contributed by atoms with Gasteiger partial charge in [-0.25, -0.2) is 4.79 Å². The minimum absolute atomic E-state index is 0.283. The van der Waals surface area contributed by atoms with Crippen molar-refractivity contribution in [1.82, 2.24) is 0 Å². The Hall–Kier alpha value is -1.25. The standard InChI is InChI=1S/C10H14O3/c1-4-12-10(11)9-6-5-8(13-9)7(2)3/h5-7H,4H2,1-3H3. The van der Waals surface area contributed by atoms with Crippen LogP contribution in [-0.4, -0.2) is 12.6 Å². The molecule has 3 heteroatoms. The number of hydrogen-bond acceptors (Lipinski definition) is 3. The number of rotatable bonds is 3. The molecular formula is C10H14O3. The van der Waals surface area contributed by atoms with Gasteiger partial charge < -0.3 is 9.15 Å². The van der Waals surface area contributed by atoms with Crippen molar-refractivity contribution in [3.63, 3.8) is 0 Å². The molecule has 0 radical (unpaired) electrons. The van der Waals surface area contributed by atoms with Crippen LogP contribution in [0.25, 0.3) is 0 Å². The monoisotopic (exact) mass is 182 g/mol. The molecule has 72 valence electrons. The first kappa shape index (κ1) is 9.84. The van der Waals surface area contributed by atoms with E-state index in [0.29, 0.717) is 12.5 Å². The predicted octanol–water partition coefficient (Wildman–Crippen LogP) is 2.58. The van der Waals surface area contributed by atoms with Crippen LogP contribution in [0.4, 0.5) is 0 Å². The second kappa shape index (κ2) is 4.12. The van der Waals surface area contributed by atoms with Crippen LogP contribution in [-0.2, 0) is 4.74 Å². The zero-order chi connectivity index (χ0) is 9.84. The zero-order valence-electron chi connectivity index (χ0n) is 8.16. The molecule has 0 N–H and O–H groups in total. The van der Waals surface area contributed by atoms with Crippen molar-refractivity contribution < 1.29 is 13.9 Å². The molecule has 1 rings (SSSR count). The number of hydrogen-bond donors (Lipinski definition) is 0. The van der Waals surface area contributed by atoms with Crippen molar-refractivity contribution in [2.75, 3.05) is 6.61 Å². The SMILES string of the molecule is CCOC(=O)c1ccc(C(C)C)o1. The lowest BCUT2D eigenvalue weighted by molar-refractivity contribution is 0.0487. The molecule has 0 saturated carbocycles. The first-order valence-electron chi connectivity index (χ1n) is 4.42. The second-order valence-corrected chi connectivity index (χ2v) is 3.08. The van der Waals surface area contributed by atoms with Gasteiger partial charge in [-0.1, -0.05) is 13.8 Å². The summed E-state index contributed by atoms with van der Waals surface area (Å²) in [6.45, 7) is 6.16. The number of carbonyl (C=O) groups is 1. The van der Waals surface area contributed by atoms with E-state index in [1.54, 1.807) is 19.1 Å². The molecule has 0 bridgehead atoms. The van der Waals surface area contributed by atoms with Gasteiger partial charge in [0.15, 0.2) is 0 Å². The fourth-order valence-electron chi connectivity index (χ4n) is 0.975. The molecule has 0 amide bonds. The summed E-state index contributed by atoms with van der Waals surface area (Å²) in [5, 5.41) is 0. The average Bonchev–Trinajstić information content (AvgIpc) is 2.52. The van der Waals surface area contributed by atoms with Crippen LogP contribution in [0.2, 0.25) is 0 Å². The van der Waals surface area contributed by atoms with Gasteiger partial charge in [0.2, 0.25) is 5.76 Å². The second-order valence-electron chi connectivity index (χ2n) is 3.08. The fraction of sp³-hybridized carbons (Fsp3) is 0.500. The normalized spacial score (nSPS) is 10.5. The number of furan rings is 1. The molecule has 0 aliphatic carbocycles.